The van der Waals surface area contributed by atoms with E-state index in [0.29, 0.717) is 22.3 Å². The zero-order valence-electron chi connectivity index (χ0n) is 17.4. The van der Waals surface area contributed by atoms with Crippen molar-refractivity contribution in [2.45, 2.75) is 11.4 Å². The highest BCUT2D eigenvalue weighted by molar-refractivity contribution is 7.89. The maximum atomic E-state index is 12.7. The van der Waals surface area contributed by atoms with Gasteiger partial charge in [-0.3, -0.25) is 4.79 Å². The minimum Gasteiger partial charge on any atom is -0.492 e. The van der Waals surface area contributed by atoms with Gasteiger partial charge in [-0.05, 0) is 60.2 Å². The Balaban J connectivity index is 1.31. The lowest BCUT2D eigenvalue weighted by Crippen LogP contribution is -2.28. The molecule has 0 atom stereocenters. The number of ether oxygens (including phenoxy) is 3. The second kappa shape index (κ2) is 10.1. The Morgan fingerprint density at radius 3 is 2.61 bits per heavy atom. The summed E-state index contributed by atoms with van der Waals surface area (Å²) in [7, 11) is -3.83. The van der Waals surface area contributed by atoms with Crippen molar-refractivity contribution in [3.05, 3.63) is 82.9 Å². The summed E-state index contributed by atoms with van der Waals surface area (Å²) in [5, 5.41) is 3.32. The minimum absolute atomic E-state index is 0.00620. The second-order valence-corrected chi connectivity index (χ2v) is 9.30. The van der Waals surface area contributed by atoms with Crippen LogP contribution in [0.25, 0.3) is 0 Å². The molecule has 0 saturated carbocycles. The molecule has 8 nitrogen and oxygen atoms in total. The van der Waals surface area contributed by atoms with Crippen LogP contribution in [0.4, 0.5) is 0 Å². The van der Waals surface area contributed by atoms with Crippen LogP contribution in [0.1, 0.15) is 15.9 Å². The lowest BCUT2D eigenvalue weighted by Gasteiger charge is -2.10. The van der Waals surface area contributed by atoms with Gasteiger partial charge < -0.3 is 19.5 Å². The number of nitrogens with one attached hydrogen (secondary N) is 2. The smallest absolute Gasteiger partial charge is 0.251 e. The first-order valence-corrected chi connectivity index (χ1v) is 11.9. The molecule has 1 aliphatic heterocycles. The highest BCUT2D eigenvalue weighted by Crippen LogP contribution is 2.32. The average molecular weight is 489 g/mol. The van der Waals surface area contributed by atoms with Crippen molar-refractivity contribution in [3.8, 4) is 17.2 Å². The fourth-order valence-corrected chi connectivity index (χ4v) is 4.27. The van der Waals surface area contributed by atoms with Gasteiger partial charge in [-0.25, -0.2) is 13.1 Å². The van der Waals surface area contributed by atoms with E-state index in [0.717, 1.165) is 5.56 Å². The minimum atomic E-state index is -3.83. The highest BCUT2D eigenvalue weighted by Gasteiger charge is 2.18. The second-order valence-electron chi connectivity index (χ2n) is 7.10. The molecule has 33 heavy (non-hydrogen) atoms. The molecule has 1 heterocycles. The van der Waals surface area contributed by atoms with Crippen molar-refractivity contribution in [1.82, 2.24) is 10.0 Å². The third-order valence-corrected chi connectivity index (χ3v) is 6.43. The molecule has 1 amide bonds. The fraction of sp³-hybridized carbons (Fsp3) is 0.174. The Labute approximate surface area is 196 Å². The fourth-order valence-electron chi connectivity index (χ4n) is 3.08. The van der Waals surface area contributed by atoms with E-state index >= 15 is 0 Å². The van der Waals surface area contributed by atoms with Crippen LogP contribution in [0.3, 0.4) is 0 Å². The van der Waals surface area contributed by atoms with E-state index in [4.69, 9.17) is 25.8 Å². The van der Waals surface area contributed by atoms with Crippen molar-refractivity contribution in [2.24, 2.45) is 0 Å². The van der Waals surface area contributed by atoms with Crippen molar-refractivity contribution >= 4 is 27.5 Å². The number of carbonyl (C=O) groups is 1. The lowest BCUT2D eigenvalue weighted by atomic mass is 10.2. The largest absolute Gasteiger partial charge is 0.492 e. The van der Waals surface area contributed by atoms with Gasteiger partial charge in [-0.2, -0.15) is 0 Å². The Kier molecular flexibility index (Phi) is 7.02. The van der Waals surface area contributed by atoms with E-state index in [9.17, 15) is 13.2 Å². The number of carbonyl (C=O) groups excluding carboxylic acids is 1. The first-order valence-electron chi connectivity index (χ1n) is 10.1. The molecule has 1 aliphatic rings. The molecule has 172 valence electrons. The van der Waals surface area contributed by atoms with Crippen molar-refractivity contribution in [3.63, 3.8) is 0 Å². The first kappa shape index (κ1) is 22.9. The Morgan fingerprint density at radius 2 is 1.79 bits per heavy atom. The molecular weight excluding hydrogens is 468 g/mol. The molecule has 0 aromatic heterocycles. The van der Waals surface area contributed by atoms with Crippen molar-refractivity contribution in [2.75, 3.05) is 19.9 Å². The summed E-state index contributed by atoms with van der Waals surface area (Å²) in [6.07, 6.45) is 0. The Bertz CT molecular complexity index is 1250. The summed E-state index contributed by atoms with van der Waals surface area (Å²) in [5.41, 5.74) is 0.949. The summed E-state index contributed by atoms with van der Waals surface area (Å²) >= 11 is 5.83. The number of sulfonamides is 1. The number of amides is 1. The maximum Gasteiger partial charge on any atom is 0.251 e. The number of fused-ring (bicyclic) bond motifs is 1. The summed E-state index contributed by atoms with van der Waals surface area (Å²) in [6, 6.07) is 17.9. The SMILES string of the molecule is O=C(NCCOc1ccc(Cl)cc1)c1cccc(S(=O)(=O)NCc2ccc3c(c2)OCO3)c1. The quantitative estimate of drug-likeness (QED) is 0.448. The van der Waals surface area contributed by atoms with Crippen LogP contribution in [0.15, 0.2) is 71.6 Å². The molecule has 10 heteroatoms. The van der Waals surface area contributed by atoms with E-state index < -0.39 is 15.9 Å². The average Bonchev–Trinajstić information content (AvgIpc) is 3.30. The van der Waals surface area contributed by atoms with Crippen LogP contribution in [0.5, 0.6) is 17.2 Å². The summed E-state index contributed by atoms with van der Waals surface area (Å²) in [5.74, 6) is 1.43. The Hall–Kier alpha value is -3.27. The molecule has 0 unspecified atom stereocenters. The van der Waals surface area contributed by atoms with E-state index in [1.165, 1.54) is 18.2 Å². The van der Waals surface area contributed by atoms with Gasteiger partial charge >= 0.3 is 0 Å². The van der Waals surface area contributed by atoms with Gasteiger partial charge in [0.1, 0.15) is 12.4 Å². The molecule has 0 bridgehead atoms. The highest BCUT2D eigenvalue weighted by atomic mass is 35.5. The van der Waals surface area contributed by atoms with E-state index in [2.05, 4.69) is 10.0 Å². The lowest BCUT2D eigenvalue weighted by molar-refractivity contribution is 0.0946. The third kappa shape index (κ3) is 5.95. The zero-order valence-corrected chi connectivity index (χ0v) is 19.0. The van der Waals surface area contributed by atoms with Gasteiger partial charge in [0.25, 0.3) is 5.91 Å². The number of hydrogen-bond acceptors (Lipinski definition) is 6. The predicted octanol–water partition coefficient (Wildman–Crippen LogP) is 3.36. The standard InChI is InChI=1S/C23H21ClN2O6S/c24-18-5-7-19(8-6-18)30-11-10-25-23(27)17-2-1-3-20(13-17)33(28,29)26-14-16-4-9-21-22(12-16)32-15-31-21/h1-9,12-13,26H,10-11,14-15H2,(H,25,27). The van der Waals surface area contributed by atoms with Crippen molar-refractivity contribution in [1.29, 1.82) is 0 Å². The van der Waals surface area contributed by atoms with Crippen LogP contribution in [0.2, 0.25) is 5.02 Å². The molecule has 0 radical (unpaired) electrons. The topological polar surface area (TPSA) is 103 Å². The molecule has 4 rings (SSSR count). The molecular formula is C23H21ClN2O6S. The molecule has 3 aromatic rings. The predicted molar refractivity (Wildman–Crippen MR) is 122 cm³/mol. The summed E-state index contributed by atoms with van der Waals surface area (Å²) in [4.78, 5) is 12.4. The number of hydrogen-bond donors (Lipinski definition) is 2. The van der Waals surface area contributed by atoms with Gasteiger partial charge in [0, 0.05) is 17.1 Å². The van der Waals surface area contributed by atoms with Crippen LogP contribution in [-0.4, -0.2) is 34.3 Å². The normalized spacial score (nSPS) is 12.4. The number of benzene rings is 3. The molecule has 2 N–H and O–H groups in total. The van der Waals surface area contributed by atoms with Gasteiger partial charge in [0.05, 0.1) is 11.4 Å². The van der Waals surface area contributed by atoms with Crippen LogP contribution in [-0.2, 0) is 16.6 Å². The third-order valence-electron chi connectivity index (χ3n) is 4.78. The van der Waals surface area contributed by atoms with Crippen molar-refractivity contribution < 1.29 is 27.4 Å². The van der Waals surface area contributed by atoms with E-state index in [1.54, 1.807) is 48.5 Å². The molecule has 0 aliphatic carbocycles. The van der Waals surface area contributed by atoms with Crippen LogP contribution >= 0.6 is 11.6 Å². The van der Waals surface area contributed by atoms with Gasteiger partial charge in [0.2, 0.25) is 16.8 Å². The van der Waals surface area contributed by atoms with Crippen LogP contribution < -0.4 is 24.2 Å². The monoisotopic (exact) mass is 488 g/mol. The number of halogens is 1. The zero-order chi connectivity index (χ0) is 23.3. The molecule has 0 fully saturated rings. The maximum absolute atomic E-state index is 12.7. The first-order chi connectivity index (χ1) is 15.9. The Morgan fingerprint density at radius 1 is 1.00 bits per heavy atom. The van der Waals surface area contributed by atoms with Crippen LogP contribution in [0, 0.1) is 0 Å². The number of rotatable bonds is 9. The summed E-state index contributed by atoms with van der Waals surface area (Å²) in [6.45, 7) is 0.716. The molecule has 3 aromatic carbocycles. The van der Waals surface area contributed by atoms with E-state index in [1.807, 2.05) is 0 Å². The summed E-state index contributed by atoms with van der Waals surface area (Å²) < 4.78 is 44.1. The van der Waals surface area contributed by atoms with E-state index in [-0.39, 0.29) is 36.9 Å². The van der Waals surface area contributed by atoms with Gasteiger partial charge in [0.15, 0.2) is 11.5 Å². The van der Waals surface area contributed by atoms with Gasteiger partial charge in [-0.15, -0.1) is 0 Å². The molecule has 0 saturated heterocycles. The van der Waals surface area contributed by atoms with Gasteiger partial charge in [-0.1, -0.05) is 23.7 Å². The molecule has 0 spiro atoms.